The van der Waals surface area contributed by atoms with Crippen LogP contribution in [-0.4, -0.2) is 31.1 Å². The van der Waals surface area contributed by atoms with Gasteiger partial charge in [-0.05, 0) is 24.6 Å². The van der Waals surface area contributed by atoms with Crippen LogP contribution in [0.3, 0.4) is 0 Å². The summed E-state index contributed by atoms with van der Waals surface area (Å²) in [5.74, 6) is -1.18. The summed E-state index contributed by atoms with van der Waals surface area (Å²) in [5.41, 5.74) is 4.07. The highest BCUT2D eigenvalue weighted by Gasteiger charge is 2.43. The van der Waals surface area contributed by atoms with Crippen molar-refractivity contribution in [3.63, 3.8) is 0 Å². The lowest BCUT2D eigenvalue weighted by molar-refractivity contribution is -0.136. The minimum atomic E-state index is -0.692. The number of carbonyl (C=O) groups excluding carboxylic acids is 2. The summed E-state index contributed by atoms with van der Waals surface area (Å²) in [7, 11) is 2.75. The molecule has 6 nitrogen and oxygen atoms in total. The van der Waals surface area contributed by atoms with E-state index in [1.807, 2.05) is 18.2 Å². The van der Waals surface area contributed by atoms with Crippen LogP contribution in [0.2, 0.25) is 0 Å². The van der Waals surface area contributed by atoms with E-state index in [1.165, 1.54) is 20.3 Å². The Morgan fingerprint density at radius 1 is 1.17 bits per heavy atom. The number of rotatable bonds is 3. The molecular formula is C22H18BrNO5. The number of hydrogen-bond acceptors (Lipinski definition) is 6. The van der Waals surface area contributed by atoms with E-state index in [9.17, 15) is 14.7 Å². The second kappa shape index (κ2) is 7.08. The molecule has 2 aliphatic rings. The SMILES string of the molecule is COC(=O)C1=C(C)NC2=C(C(=O)c3ccccc32)C1c1cc(OC)c(O)cc1Br. The van der Waals surface area contributed by atoms with Gasteiger partial charge in [0.1, 0.15) is 0 Å². The van der Waals surface area contributed by atoms with E-state index in [4.69, 9.17) is 9.47 Å². The molecule has 29 heavy (non-hydrogen) atoms. The number of Topliss-reactive ketones (excluding diaryl/α,β-unsaturated/α-hetero) is 1. The van der Waals surface area contributed by atoms with E-state index in [0.717, 1.165) is 5.56 Å². The molecule has 1 heterocycles. The number of phenolic OH excluding ortho intramolecular Hbond substituents is 1. The number of phenols is 1. The van der Waals surface area contributed by atoms with Gasteiger partial charge in [0.2, 0.25) is 0 Å². The monoisotopic (exact) mass is 455 g/mol. The van der Waals surface area contributed by atoms with Crippen molar-refractivity contribution in [2.24, 2.45) is 0 Å². The predicted octanol–water partition coefficient (Wildman–Crippen LogP) is 3.90. The lowest BCUT2D eigenvalue weighted by Gasteiger charge is -2.29. The predicted molar refractivity (Wildman–Crippen MR) is 111 cm³/mol. The van der Waals surface area contributed by atoms with Crippen LogP contribution in [0.4, 0.5) is 0 Å². The number of fused-ring (bicyclic) bond motifs is 2. The number of ketones is 1. The fraction of sp³-hybridized carbons (Fsp3) is 0.182. The third-order valence-electron chi connectivity index (χ3n) is 5.26. The van der Waals surface area contributed by atoms with Crippen LogP contribution in [0, 0.1) is 0 Å². The highest BCUT2D eigenvalue weighted by Crippen LogP contribution is 2.49. The number of allylic oxidation sites excluding steroid dienone is 2. The molecule has 0 aromatic heterocycles. The number of methoxy groups -OCH3 is 2. The number of hydrogen-bond donors (Lipinski definition) is 2. The highest BCUT2D eigenvalue weighted by atomic mass is 79.9. The first-order valence-electron chi connectivity index (χ1n) is 8.89. The Bertz CT molecular complexity index is 1130. The zero-order valence-corrected chi connectivity index (χ0v) is 17.6. The molecule has 1 aliphatic heterocycles. The molecule has 1 atom stereocenters. The third kappa shape index (κ3) is 2.84. The quantitative estimate of drug-likeness (QED) is 0.682. The van der Waals surface area contributed by atoms with E-state index in [1.54, 1.807) is 19.1 Å². The zero-order chi connectivity index (χ0) is 20.9. The summed E-state index contributed by atoms with van der Waals surface area (Å²) in [4.78, 5) is 26.1. The number of halogens is 1. The average molecular weight is 456 g/mol. The molecule has 0 bridgehead atoms. The molecule has 0 amide bonds. The Hall–Kier alpha value is -3.06. The fourth-order valence-electron chi connectivity index (χ4n) is 3.96. The standard InChI is InChI=1S/C22H18BrNO5/c1-10-17(22(27)29-3)18(13-8-16(28-2)15(25)9-14(13)23)19-20(24-10)11-6-4-5-7-12(11)21(19)26/h4-9,18,24-25H,1-3H3. The van der Waals surface area contributed by atoms with Crippen molar-refractivity contribution in [1.29, 1.82) is 0 Å². The molecular weight excluding hydrogens is 438 g/mol. The maximum atomic E-state index is 13.3. The van der Waals surface area contributed by atoms with Crippen molar-refractivity contribution in [3.8, 4) is 11.5 Å². The topological polar surface area (TPSA) is 84.9 Å². The van der Waals surface area contributed by atoms with Crippen LogP contribution in [0.1, 0.15) is 34.3 Å². The summed E-state index contributed by atoms with van der Waals surface area (Å²) < 4.78 is 10.8. The summed E-state index contributed by atoms with van der Waals surface area (Å²) in [6.07, 6.45) is 0. The minimum absolute atomic E-state index is 0.0485. The van der Waals surface area contributed by atoms with Gasteiger partial charge < -0.3 is 19.9 Å². The second-order valence-corrected chi connectivity index (χ2v) is 7.65. The van der Waals surface area contributed by atoms with Crippen LogP contribution < -0.4 is 10.1 Å². The maximum absolute atomic E-state index is 13.3. The van der Waals surface area contributed by atoms with Crippen LogP contribution >= 0.6 is 15.9 Å². The molecule has 1 aliphatic carbocycles. The number of nitrogens with one attached hydrogen (secondary N) is 1. The third-order valence-corrected chi connectivity index (χ3v) is 5.95. The van der Waals surface area contributed by atoms with Crippen molar-refractivity contribution < 1.29 is 24.2 Å². The first-order chi connectivity index (χ1) is 13.9. The van der Waals surface area contributed by atoms with E-state index < -0.39 is 11.9 Å². The molecule has 0 spiro atoms. The Morgan fingerprint density at radius 2 is 1.86 bits per heavy atom. The van der Waals surface area contributed by atoms with Gasteiger partial charge in [0, 0.05) is 26.9 Å². The van der Waals surface area contributed by atoms with Gasteiger partial charge in [-0.2, -0.15) is 0 Å². The van der Waals surface area contributed by atoms with Gasteiger partial charge in [-0.3, -0.25) is 4.79 Å². The smallest absolute Gasteiger partial charge is 0.336 e. The Morgan fingerprint density at radius 3 is 2.52 bits per heavy atom. The summed E-state index contributed by atoms with van der Waals surface area (Å²) in [6, 6.07) is 10.5. The Balaban J connectivity index is 2.01. The number of aromatic hydroxyl groups is 1. The molecule has 7 heteroatoms. The molecule has 148 valence electrons. The lowest BCUT2D eigenvalue weighted by Crippen LogP contribution is -2.29. The van der Waals surface area contributed by atoms with E-state index in [0.29, 0.717) is 38.1 Å². The first kappa shape index (κ1) is 19.3. The van der Waals surface area contributed by atoms with Crippen LogP contribution in [-0.2, 0) is 9.53 Å². The number of carbonyl (C=O) groups is 2. The van der Waals surface area contributed by atoms with E-state index in [2.05, 4.69) is 21.2 Å². The van der Waals surface area contributed by atoms with E-state index >= 15 is 0 Å². The van der Waals surface area contributed by atoms with Gasteiger partial charge in [-0.15, -0.1) is 0 Å². The largest absolute Gasteiger partial charge is 0.504 e. The Kier molecular flexibility index (Phi) is 4.70. The minimum Gasteiger partial charge on any atom is -0.504 e. The van der Waals surface area contributed by atoms with E-state index in [-0.39, 0.29) is 17.3 Å². The molecule has 2 N–H and O–H groups in total. The fourth-order valence-corrected chi connectivity index (χ4v) is 4.52. The molecule has 0 radical (unpaired) electrons. The van der Waals surface area contributed by atoms with Crippen LogP contribution in [0.25, 0.3) is 5.70 Å². The molecule has 1 unspecified atom stereocenters. The maximum Gasteiger partial charge on any atom is 0.336 e. The van der Waals surface area contributed by atoms with Crippen molar-refractivity contribution >= 4 is 33.4 Å². The first-order valence-corrected chi connectivity index (χ1v) is 9.69. The highest BCUT2D eigenvalue weighted by molar-refractivity contribution is 9.10. The zero-order valence-electron chi connectivity index (χ0n) is 16.0. The van der Waals surface area contributed by atoms with Gasteiger partial charge in [0.25, 0.3) is 0 Å². The van der Waals surface area contributed by atoms with Crippen molar-refractivity contribution in [2.45, 2.75) is 12.8 Å². The van der Waals surface area contributed by atoms with Crippen LogP contribution in [0.5, 0.6) is 11.5 Å². The number of esters is 1. The van der Waals surface area contributed by atoms with Gasteiger partial charge in [0.05, 0.1) is 31.4 Å². The van der Waals surface area contributed by atoms with Crippen molar-refractivity contribution in [1.82, 2.24) is 5.32 Å². The van der Waals surface area contributed by atoms with Gasteiger partial charge in [-0.1, -0.05) is 40.2 Å². The number of benzene rings is 2. The number of ether oxygens (including phenoxy) is 2. The Labute approximate surface area is 176 Å². The van der Waals surface area contributed by atoms with Gasteiger partial charge in [0.15, 0.2) is 17.3 Å². The number of dihydropyridines is 1. The van der Waals surface area contributed by atoms with Crippen molar-refractivity contribution in [3.05, 3.63) is 74.4 Å². The van der Waals surface area contributed by atoms with Crippen LogP contribution in [0.15, 0.2) is 57.7 Å². The molecule has 4 rings (SSSR count). The molecule has 0 saturated carbocycles. The van der Waals surface area contributed by atoms with Gasteiger partial charge in [-0.25, -0.2) is 4.79 Å². The summed E-state index contributed by atoms with van der Waals surface area (Å²) in [6.45, 7) is 1.78. The molecule has 2 aromatic rings. The molecule has 2 aromatic carbocycles. The van der Waals surface area contributed by atoms with Crippen molar-refractivity contribution in [2.75, 3.05) is 14.2 Å². The summed E-state index contributed by atoms with van der Waals surface area (Å²) in [5, 5.41) is 13.3. The molecule has 0 saturated heterocycles. The second-order valence-electron chi connectivity index (χ2n) is 6.80. The van der Waals surface area contributed by atoms with Gasteiger partial charge >= 0.3 is 5.97 Å². The molecule has 0 fully saturated rings. The average Bonchev–Trinajstić information content (AvgIpc) is 2.99. The summed E-state index contributed by atoms with van der Waals surface area (Å²) >= 11 is 3.47. The normalized spacial score (nSPS) is 17.7. The lowest BCUT2D eigenvalue weighted by atomic mass is 9.79.